The number of carbonyl (C=O) groups excluding carboxylic acids is 1. The number of hydrogen-bond acceptors (Lipinski definition) is 3. The van der Waals surface area contributed by atoms with Crippen molar-refractivity contribution in [3.63, 3.8) is 0 Å². The molecular weight excluding hydrogens is 382 g/mol. The Bertz CT molecular complexity index is 873. The van der Waals surface area contributed by atoms with E-state index >= 15 is 0 Å². The Kier molecular flexibility index (Phi) is 5.82. The molecule has 1 heterocycles. The molecule has 0 unspecified atom stereocenters. The summed E-state index contributed by atoms with van der Waals surface area (Å²) in [5.41, 5.74) is -2.97. The Morgan fingerprint density at radius 2 is 1.70 bits per heavy atom. The van der Waals surface area contributed by atoms with Crippen molar-refractivity contribution >= 4 is 11.6 Å². The van der Waals surface area contributed by atoms with Crippen LogP contribution < -0.4 is 15.6 Å². The van der Waals surface area contributed by atoms with Crippen molar-refractivity contribution in [2.75, 3.05) is 11.9 Å². The lowest BCUT2D eigenvalue weighted by atomic mass is 10.2. The number of rotatable bonds is 5. The van der Waals surface area contributed by atoms with Crippen molar-refractivity contribution in [2.24, 2.45) is 0 Å². The van der Waals surface area contributed by atoms with E-state index in [1.165, 1.54) is 24.3 Å². The Hall–Kier alpha value is -2.98. The van der Waals surface area contributed by atoms with Gasteiger partial charge in [-0.25, -0.2) is 0 Å². The average Bonchev–Trinajstić information content (AvgIpc) is 2.54. The van der Waals surface area contributed by atoms with Gasteiger partial charge in [-0.3, -0.25) is 9.59 Å². The molecule has 1 aromatic carbocycles. The van der Waals surface area contributed by atoms with E-state index in [-0.39, 0.29) is 11.4 Å². The zero-order valence-corrected chi connectivity index (χ0v) is 13.4. The first-order chi connectivity index (χ1) is 12.5. The van der Waals surface area contributed by atoms with Gasteiger partial charge in [-0.2, -0.15) is 26.3 Å². The molecule has 1 amide bonds. The summed E-state index contributed by atoms with van der Waals surface area (Å²) in [5, 5.41) is 2.21. The number of nitrogens with zero attached hydrogens (tertiary/aromatic N) is 1. The molecule has 0 atom stereocenters. The number of halogens is 6. The van der Waals surface area contributed by atoms with E-state index in [0.29, 0.717) is 10.6 Å². The largest absolute Gasteiger partial charge is 0.482 e. The van der Waals surface area contributed by atoms with Crippen LogP contribution in [0.1, 0.15) is 5.56 Å². The zero-order chi connectivity index (χ0) is 20.2. The summed E-state index contributed by atoms with van der Waals surface area (Å²) in [7, 11) is 0. The monoisotopic (exact) mass is 394 g/mol. The second-order valence-electron chi connectivity index (χ2n) is 5.30. The summed E-state index contributed by atoms with van der Waals surface area (Å²) in [5.74, 6) is -1.20. The van der Waals surface area contributed by atoms with E-state index in [9.17, 15) is 35.9 Å². The van der Waals surface area contributed by atoms with Crippen molar-refractivity contribution in [3.8, 4) is 5.75 Å². The first-order valence-corrected chi connectivity index (χ1v) is 7.32. The van der Waals surface area contributed by atoms with E-state index in [4.69, 9.17) is 0 Å². The van der Waals surface area contributed by atoms with Crippen LogP contribution in [0.25, 0.3) is 0 Å². The van der Waals surface area contributed by atoms with E-state index in [2.05, 4.69) is 10.1 Å². The lowest BCUT2D eigenvalue weighted by molar-refractivity contribution is -0.153. The molecule has 2 aromatic rings. The number of benzene rings is 1. The number of hydrogen-bond donors (Lipinski definition) is 1. The summed E-state index contributed by atoms with van der Waals surface area (Å²) in [4.78, 5) is 23.8. The second-order valence-corrected chi connectivity index (χ2v) is 5.30. The smallest absolute Gasteiger partial charge is 0.422 e. The molecule has 0 bridgehead atoms. The molecule has 11 heteroatoms. The Morgan fingerprint density at radius 1 is 1.04 bits per heavy atom. The third-order valence-electron chi connectivity index (χ3n) is 3.19. The number of ether oxygens (including phenoxy) is 1. The van der Waals surface area contributed by atoms with Gasteiger partial charge in [0.2, 0.25) is 5.91 Å². The highest BCUT2D eigenvalue weighted by atomic mass is 19.4. The third-order valence-corrected chi connectivity index (χ3v) is 3.19. The highest BCUT2D eigenvalue weighted by Crippen LogP contribution is 2.27. The van der Waals surface area contributed by atoms with Crippen LogP contribution in [0.4, 0.5) is 32.0 Å². The van der Waals surface area contributed by atoms with Crippen LogP contribution in [0.3, 0.4) is 0 Å². The Morgan fingerprint density at radius 3 is 2.33 bits per heavy atom. The maximum atomic E-state index is 12.7. The lowest BCUT2D eigenvalue weighted by Crippen LogP contribution is -2.32. The van der Waals surface area contributed by atoms with Crippen LogP contribution in [0.2, 0.25) is 0 Å². The first-order valence-electron chi connectivity index (χ1n) is 7.32. The number of nitrogens with one attached hydrogen (secondary N) is 1. The number of amides is 1. The van der Waals surface area contributed by atoms with Gasteiger partial charge in [-0.05, 0) is 24.3 Å². The minimum atomic E-state index is -4.88. The molecular formula is C16H12F6N2O3. The van der Waals surface area contributed by atoms with Gasteiger partial charge in [0.05, 0.1) is 5.69 Å². The van der Waals surface area contributed by atoms with Crippen molar-refractivity contribution in [1.29, 1.82) is 0 Å². The maximum absolute atomic E-state index is 12.7. The molecule has 0 saturated heterocycles. The van der Waals surface area contributed by atoms with Gasteiger partial charge < -0.3 is 14.6 Å². The van der Waals surface area contributed by atoms with Crippen molar-refractivity contribution in [3.05, 3.63) is 58.5 Å². The molecule has 0 aliphatic carbocycles. The molecule has 27 heavy (non-hydrogen) atoms. The summed E-state index contributed by atoms with van der Waals surface area (Å²) < 4.78 is 80.1. The minimum absolute atomic E-state index is 0.119. The van der Waals surface area contributed by atoms with E-state index < -0.39 is 42.5 Å². The highest BCUT2D eigenvalue weighted by molar-refractivity contribution is 5.92. The SMILES string of the molecule is O=C(Cn1cccc(C(F)(F)F)c1=O)Nc1ccccc1OCC(F)(F)F. The average molecular weight is 394 g/mol. The molecule has 0 aliphatic rings. The van der Waals surface area contributed by atoms with Crippen LogP contribution in [0, 0.1) is 0 Å². The van der Waals surface area contributed by atoms with Crippen molar-refractivity contribution in [2.45, 2.75) is 18.9 Å². The van der Waals surface area contributed by atoms with Crippen LogP contribution >= 0.6 is 0 Å². The lowest BCUT2D eigenvalue weighted by Gasteiger charge is -2.14. The predicted octanol–water partition coefficient (Wildman–Crippen LogP) is 3.45. The van der Waals surface area contributed by atoms with Gasteiger partial charge in [0, 0.05) is 6.20 Å². The fraction of sp³-hybridized carbons (Fsp3) is 0.250. The maximum Gasteiger partial charge on any atom is 0.422 e. The molecule has 0 aliphatic heterocycles. The predicted molar refractivity (Wildman–Crippen MR) is 82.3 cm³/mol. The number of carbonyl (C=O) groups is 1. The second kappa shape index (κ2) is 7.72. The van der Waals surface area contributed by atoms with E-state index in [0.717, 1.165) is 12.3 Å². The summed E-state index contributed by atoms with van der Waals surface area (Å²) >= 11 is 0. The zero-order valence-electron chi connectivity index (χ0n) is 13.4. The van der Waals surface area contributed by atoms with E-state index in [1.54, 1.807) is 0 Å². The fourth-order valence-corrected chi connectivity index (χ4v) is 2.08. The number of alkyl halides is 6. The third kappa shape index (κ3) is 5.76. The van der Waals surface area contributed by atoms with Gasteiger partial charge in [0.1, 0.15) is 17.9 Å². The number of aromatic nitrogens is 1. The fourth-order valence-electron chi connectivity index (χ4n) is 2.08. The molecule has 2 rings (SSSR count). The minimum Gasteiger partial charge on any atom is -0.482 e. The number of pyridine rings is 1. The first kappa shape index (κ1) is 20.3. The van der Waals surface area contributed by atoms with Crippen LogP contribution in [-0.2, 0) is 17.5 Å². The molecule has 146 valence electrons. The molecule has 5 nitrogen and oxygen atoms in total. The molecule has 0 saturated carbocycles. The molecule has 1 aromatic heterocycles. The molecule has 1 N–H and O–H groups in total. The molecule has 0 radical (unpaired) electrons. The van der Waals surface area contributed by atoms with Gasteiger partial charge in [-0.1, -0.05) is 12.1 Å². The topological polar surface area (TPSA) is 60.3 Å². The van der Waals surface area contributed by atoms with Crippen molar-refractivity contribution < 1.29 is 35.9 Å². The normalized spacial score (nSPS) is 11.9. The van der Waals surface area contributed by atoms with E-state index in [1.807, 2.05) is 0 Å². The highest BCUT2D eigenvalue weighted by Gasteiger charge is 2.34. The summed E-state index contributed by atoms with van der Waals surface area (Å²) in [6.07, 6.45) is -8.49. The van der Waals surface area contributed by atoms with Crippen LogP contribution in [0.15, 0.2) is 47.4 Å². The van der Waals surface area contributed by atoms with Gasteiger partial charge in [0.25, 0.3) is 5.56 Å². The van der Waals surface area contributed by atoms with Gasteiger partial charge in [0.15, 0.2) is 6.61 Å². The van der Waals surface area contributed by atoms with Crippen LogP contribution in [-0.4, -0.2) is 23.3 Å². The standard InChI is InChI=1S/C16H12F6N2O3/c17-15(18,19)9-27-12-6-2-1-5-11(12)23-13(25)8-24-7-3-4-10(14(24)26)16(20,21)22/h1-7H,8-9H2,(H,23,25). The van der Waals surface area contributed by atoms with Gasteiger partial charge >= 0.3 is 12.4 Å². The van der Waals surface area contributed by atoms with Gasteiger partial charge in [-0.15, -0.1) is 0 Å². The Balaban J connectivity index is 2.15. The van der Waals surface area contributed by atoms with Crippen molar-refractivity contribution in [1.82, 2.24) is 4.57 Å². The van der Waals surface area contributed by atoms with Crippen LogP contribution in [0.5, 0.6) is 5.75 Å². The molecule has 0 spiro atoms. The number of para-hydroxylation sites is 2. The quantitative estimate of drug-likeness (QED) is 0.791. The summed E-state index contributed by atoms with van der Waals surface area (Å²) in [6, 6.07) is 6.75. The number of anilines is 1. The molecule has 0 fully saturated rings. The summed E-state index contributed by atoms with van der Waals surface area (Å²) in [6.45, 7) is -2.36. The Labute approximate surface area is 148 Å².